The third-order valence-electron chi connectivity index (χ3n) is 6.05. The first-order valence-corrected chi connectivity index (χ1v) is 10.4. The molecule has 30 heavy (non-hydrogen) atoms. The average Bonchev–Trinajstić information content (AvgIpc) is 2.82. The van der Waals surface area contributed by atoms with E-state index in [0.717, 1.165) is 24.2 Å². The van der Waals surface area contributed by atoms with Crippen LogP contribution in [0.2, 0.25) is 0 Å². The zero-order valence-electron chi connectivity index (χ0n) is 16.5. The molecular weight excluding hydrogens is 364 g/mol. The van der Waals surface area contributed by atoms with Gasteiger partial charge in [0.05, 0.1) is 11.4 Å². The first kappa shape index (κ1) is 17.1. The first-order chi connectivity index (χ1) is 14.9. The number of hydrogen-bond donors (Lipinski definition) is 0. The van der Waals surface area contributed by atoms with Crippen molar-refractivity contribution in [2.45, 2.75) is 12.8 Å². The van der Waals surface area contributed by atoms with Gasteiger partial charge in [-0.1, -0.05) is 60.7 Å². The SMILES string of the molecule is c1ccc(-c2cc(CCc3ccc4ccc5cccc6ccc3c4c56)ccn2)nc1. The molecule has 6 rings (SSSR count). The number of hydrogen-bond acceptors (Lipinski definition) is 2. The van der Waals surface area contributed by atoms with Crippen LogP contribution in [0.3, 0.4) is 0 Å². The molecule has 0 aliphatic carbocycles. The Morgan fingerprint density at radius 3 is 2.13 bits per heavy atom. The molecule has 0 saturated carbocycles. The van der Waals surface area contributed by atoms with Crippen molar-refractivity contribution >= 4 is 32.3 Å². The molecule has 6 aromatic rings. The van der Waals surface area contributed by atoms with Gasteiger partial charge in [0.1, 0.15) is 0 Å². The molecule has 0 unspecified atom stereocenters. The van der Waals surface area contributed by atoms with Crippen molar-refractivity contribution in [3.8, 4) is 11.4 Å². The third-order valence-corrected chi connectivity index (χ3v) is 6.05. The lowest BCUT2D eigenvalue weighted by atomic mass is 9.90. The topological polar surface area (TPSA) is 25.8 Å². The van der Waals surface area contributed by atoms with Crippen LogP contribution in [0.5, 0.6) is 0 Å². The Morgan fingerprint density at radius 1 is 0.533 bits per heavy atom. The van der Waals surface area contributed by atoms with Gasteiger partial charge in [-0.25, -0.2) is 0 Å². The van der Waals surface area contributed by atoms with Gasteiger partial charge in [0.15, 0.2) is 0 Å². The highest BCUT2D eigenvalue weighted by Gasteiger charge is 2.11. The van der Waals surface area contributed by atoms with Crippen molar-refractivity contribution in [3.05, 3.63) is 108 Å². The van der Waals surface area contributed by atoms with Crippen molar-refractivity contribution in [3.63, 3.8) is 0 Å². The summed E-state index contributed by atoms with van der Waals surface area (Å²) in [6, 6.07) is 30.4. The minimum absolute atomic E-state index is 0.919. The zero-order chi connectivity index (χ0) is 19.9. The average molecular weight is 384 g/mol. The third kappa shape index (κ3) is 2.81. The summed E-state index contributed by atoms with van der Waals surface area (Å²) in [6.07, 6.45) is 5.68. The van der Waals surface area contributed by atoms with Gasteiger partial charge in [-0.05, 0) is 80.6 Å². The Labute approximate surface area is 175 Å². The Kier molecular flexibility index (Phi) is 3.95. The highest BCUT2D eigenvalue weighted by Crippen LogP contribution is 2.36. The maximum Gasteiger partial charge on any atom is 0.0888 e. The Morgan fingerprint density at radius 2 is 1.30 bits per heavy atom. The van der Waals surface area contributed by atoms with Gasteiger partial charge in [-0.15, -0.1) is 0 Å². The summed E-state index contributed by atoms with van der Waals surface area (Å²) in [7, 11) is 0. The minimum Gasteiger partial charge on any atom is -0.255 e. The van der Waals surface area contributed by atoms with Crippen LogP contribution >= 0.6 is 0 Å². The van der Waals surface area contributed by atoms with Crippen molar-refractivity contribution in [1.29, 1.82) is 0 Å². The molecule has 0 spiro atoms. The quantitative estimate of drug-likeness (QED) is 0.311. The molecule has 0 aliphatic rings. The van der Waals surface area contributed by atoms with Crippen LogP contribution in [0.1, 0.15) is 11.1 Å². The summed E-state index contributed by atoms with van der Waals surface area (Å²) in [4.78, 5) is 8.94. The lowest BCUT2D eigenvalue weighted by Crippen LogP contribution is -1.96. The summed E-state index contributed by atoms with van der Waals surface area (Å²) in [6.45, 7) is 0. The van der Waals surface area contributed by atoms with E-state index >= 15 is 0 Å². The van der Waals surface area contributed by atoms with Crippen molar-refractivity contribution in [2.75, 3.05) is 0 Å². The number of pyridine rings is 2. The summed E-state index contributed by atoms with van der Waals surface area (Å²) < 4.78 is 0. The number of nitrogens with zero attached hydrogens (tertiary/aromatic N) is 2. The largest absolute Gasteiger partial charge is 0.255 e. The molecule has 0 atom stereocenters. The fraction of sp³-hybridized carbons (Fsp3) is 0.0714. The fourth-order valence-electron chi connectivity index (χ4n) is 4.58. The maximum absolute atomic E-state index is 4.51. The van der Waals surface area contributed by atoms with Crippen molar-refractivity contribution in [1.82, 2.24) is 9.97 Å². The second kappa shape index (κ2) is 6.93. The minimum atomic E-state index is 0.919. The smallest absolute Gasteiger partial charge is 0.0888 e. The van der Waals surface area contributed by atoms with E-state index in [-0.39, 0.29) is 0 Å². The van der Waals surface area contributed by atoms with Gasteiger partial charge in [-0.3, -0.25) is 9.97 Å². The van der Waals surface area contributed by atoms with Crippen LogP contribution in [0.15, 0.2) is 97.3 Å². The maximum atomic E-state index is 4.51. The van der Waals surface area contributed by atoms with Crippen molar-refractivity contribution < 1.29 is 0 Å². The van der Waals surface area contributed by atoms with Gasteiger partial charge >= 0.3 is 0 Å². The van der Waals surface area contributed by atoms with Crippen LogP contribution in [-0.4, -0.2) is 9.97 Å². The van der Waals surface area contributed by atoms with E-state index in [0.29, 0.717) is 0 Å². The molecule has 2 aromatic heterocycles. The van der Waals surface area contributed by atoms with E-state index in [1.54, 1.807) is 0 Å². The van der Waals surface area contributed by atoms with Crippen LogP contribution in [0, 0.1) is 0 Å². The second-order valence-corrected chi connectivity index (χ2v) is 7.85. The molecular formula is C28H20N2. The first-order valence-electron chi connectivity index (χ1n) is 10.4. The van der Waals surface area contributed by atoms with E-state index in [2.05, 4.69) is 76.7 Å². The fourth-order valence-corrected chi connectivity index (χ4v) is 4.58. The van der Waals surface area contributed by atoms with Gasteiger partial charge in [-0.2, -0.15) is 0 Å². The van der Waals surface area contributed by atoms with E-state index in [9.17, 15) is 0 Å². The zero-order valence-corrected chi connectivity index (χ0v) is 16.5. The molecule has 0 saturated heterocycles. The molecule has 0 radical (unpaired) electrons. The number of aryl methyl sites for hydroxylation is 2. The van der Waals surface area contributed by atoms with Gasteiger partial charge < -0.3 is 0 Å². The van der Waals surface area contributed by atoms with Crippen LogP contribution in [-0.2, 0) is 12.8 Å². The molecule has 2 nitrogen and oxygen atoms in total. The molecule has 2 heteroatoms. The van der Waals surface area contributed by atoms with Gasteiger partial charge in [0.25, 0.3) is 0 Å². The molecule has 4 aromatic carbocycles. The van der Waals surface area contributed by atoms with E-state index in [4.69, 9.17) is 0 Å². The monoisotopic (exact) mass is 384 g/mol. The number of aromatic nitrogens is 2. The second-order valence-electron chi connectivity index (χ2n) is 7.85. The highest BCUT2D eigenvalue weighted by atomic mass is 14.8. The Bertz CT molecular complexity index is 1470. The molecule has 0 N–H and O–H groups in total. The van der Waals surface area contributed by atoms with E-state index in [1.807, 2.05) is 30.6 Å². The molecule has 0 aliphatic heterocycles. The lowest BCUT2D eigenvalue weighted by molar-refractivity contribution is 0.964. The van der Waals surface area contributed by atoms with Crippen LogP contribution < -0.4 is 0 Å². The predicted octanol–water partition coefficient (Wildman–Crippen LogP) is 6.83. The molecule has 142 valence electrons. The Balaban J connectivity index is 1.38. The van der Waals surface area contributed by atoms with Gasteiger partial charge in [0, 0.05) is 12.4 Å². The summed E-state index contributed by atoms with van der Waals surface area (Å²) >= 11 is 0. The Hall–Kier alpha value is -3.78. The van der Waals surface area contributed by atoms with E-state index in [1.165, 1.54) is 43.4 Å². The van der Waals surface area contributed by atoms with Gasteiger partial charge in [0.2, 0.25) is 0 Å². The summed E-state index contributed by atoms with van der Waals surface area (Å²) in [5, 5.41) is 8.10. The number of benzene rings is 4. The molecule has 0 bridgehead atoms. The normalized spacial score (nSPS) is 11.6. The molecule has 2 heterocycles. The number of rotatable bonds is 4. The standard InChI is InChI=1S/C28H20N2/c1-2-16-29-25(6-1)26-18-19(15-17-30-26)7-8-20-9-10-23-12-11-21-4-3-5-22-13-14-24(20)28(23)27(21)22/h1-6,9-18H,7-8H2. The van der Waals surface area contributed by atoms with Crippen molar-refractivity contribution in [2.24, 2.45) is 0 Å². The lowest BCUT2D eigenvalue weighted by Gasteiger charge is -2.14. The molecule has 0 amide bonds. The summed E-state index contributed by atoms with van der Waals surface area (Å²) in [5.74, 6) is 0. The van der Waals surface area contributed by atoms with Crippen LogP contribution in [0.25, 0.3) is 43.7 Å². The van der Waals surface area contributed by atoms with E-state index < -0.39 is 0 Å². The highest BCUT2D eigenvalue weighted by molar-refractivity contribution is 6.23. The molecule has 0 fully saturated rings. The van der Waals surface area contributed by atoms with Crippen LogP contribution in [0.4, 0.5) is 0 Å². The summed E-state index contributed by atoms with van der Waals surface area (Å²) in [5.41, 5.74) is 4.54. The predicted molar refractivity (Wildman–Crippen MR) is 125 cm³/mol.